The van der Waals surface area contributed by atoms with Crippen molar-refractivity contribution in [2.24, 2.45) is 4.99 Å². The van der Waals surface area contributed by atoms with E-state index in [1.807, 2.05) is 61.5 Å². The summed E-state index contributed by atoms with van der Waals surface area (Å²) in [4.78, 5) is 19.6. The van der Waals surface area contributed by atoms with Gasteiger partial charge in [-0.15, -0.1) is 0 Å². The molecule has 0 aromatic heterocycles. The fourth-order valence-corrected chi connectivity index (χ4v) is 4.68. The minimum Gasteiger partial charge on any atom is -0.488 e. The predicted molar refractivity (Wildman–Crippen MR) is 131 cm³/mol. The summed E-state index contributed by atoms with van der Waals surface area (Å²) in [5, 5.41) is 0.581. The number of ether oxygens (including phenoxy) is 1. The second-order valence-corrected chi connectivity index (χ2v) is 8.86. The van der Waals surface area contributed by atoms with Crippen molar-refractivity contribution in [3.8, 4) is 5.75 Å². The quantitative estimate of drug-likeness (QED) is 0.342. The van der Waals surface area contributed by atoms with Gasteiger partial charge >= 0.3 is 0 Å². The van der Waals surface area contributed by atoms with Crippen LogP contribution in [-0.2, 0) is 11.4 Å². The summed E-state index contributed by atoms with van der Waals surface area (Å²) in [6, 6.07) is 21.6. The first kappa shape index (κ1) is 22.3. The third kappa shape index (κ3) is 5.29. The topological polar surface area (TPSA) is 41.9 Å². The molecule has 0 N–H and O–H groups in total. The van der Waals surface area contributed by atoms with Crippen LogP contribution < -0.4 is 4.74 Å². The largest absolute Gasteiger partial charge is 0.488 e. The molecule has 0 saturated carbocycles. The van der Waals surface area contributed by atoms with Crippen LogP contribution in [0.4, 0.5) is 10.1 Å². The monoisotopic (exact) mass is 510 g/mol. The third-order valence-corrected chi connectivity index (χ3v) is 6.37. The van der Waals surface area contributed by atoms with Crippen molar-refractivity contribution in [1.82, 2.24) is 4.90 Å². The van der Waals surface area contributed by atoms with Gasteiger partial charge in [-0.3, -0.25) is 9.69 Å². The molecule has 1 heterocycles. The Morgan fingerprint density at radius 3 is 2.53 bits per heavy atom. The molecule has 1 saturated heterocycles. The summed E-state index contributed by atoms with van der Waals surface area (Å²) in [5.74, 6) is 0.313. The van der Waals surface area contributed by atoms with Crippen LogP contribution >= 0.6 is 27.7 Å². The zero-order chi connectivity index (χ0) is 22.5. The number of aliphatic imine (C=N–C) groups is 1. The molecule has 1 amide bonds. The van der Waals surface area contributed by atoms with Crippen molar-refractivity contribution in [3.05, 3.63) is 99.1 Å². The van der Waals surface area contributed by atoms with Crippen molar-refractivity contribution in [3.63, 3.8) is 0 Å². The lowest BCUT2D eigenvalue weighted by Gasteiger charge is -2.12. The van der Waals surface area contributed by atoms with E-state index in [4.69, 9.17) is 4.74 Å². The molecule has 1 aliphatic rings. The molecule has 0 atom stereocenters. The average Bonchev–Trinajstić information content (AvgIpc) is 3.09. The van der Waals surface area contributed by atoms with Gasteiger partial charge in [0.1, 0.15) is 18.2 Å². The van der Waals surface area contributed by atoms with Crippen LogP contribution in [0.25, 0.3) is 6.08 Å². The number of hydrogen-bond donors (Lipinski definition) is 0. The minimum atomic E-state index is -0.321. The molecule has 0 aliphatic carbocycles. The molecule has 0 spiro atoms. The van der Waals surface area contributed by atoms with Gasteiger partial charge in [-0.1, -0.05) is 36.4 Å². The van der Waals surface area contributed by atoms with Crippen molar-refractivity contribution < 1.29 is 13.9 Å². The lowest BCUT2D eigenvalue weighted by atomic mass is 10.2. The number of rotatable bonds is 6. The summed E-state index contributed by atoms with van der Waals surface area (Å²) < 4.78 is 19.9. The van der Waals surface area contributed by atoms with E-state index in [9.17, 15) is 9.18 Å². The van der Waals surface area contributed by atoms with Crippen LogP contribution in [-0.4, -0.2) is 22.5 Å². The molecule has 3 aromatic rings. The van der Waals surface area contributed by atoms with E-state index in [2.05, 4.69) is 20.9 Å². The van der Waals surface area contributed by atoms with E-state index in [0.717, 1.165) is 21.3 Å². The summed E-state index contributed by atoms with van der Waals surface area (Å²) in [7, 11) is 0. The van der Waals surface area contributed by atoms with Gasteiger partial charge in [0.25, 0.3) is 5.91 Å². The number of carbonyl (C=O) groups excluding carboxylic acids is 1. The summed E-state index contributed by atoms with van der Waals surface area (Å²) >= 11 is 4.87. The molecule has 4 nitrogen and oxygen atoms in total. The maximum Gasteiger partial charge on any atom is 0.266 e. The Kier molecular flexibility index (Phi) is 7.07. The van der Waals surface area contributed by atoms with Gasteiger partial charge in [0, 0.05) is 6.54 Å². The number of amides is 1. The maximum absolute atomic E-state index is 13.2. The highest BCUT2D eigenvalue weighted by molar-refractivity contribution is 9.10. The molecule has 0 unspecified atom stereocenters. The average molecular weight is 511 g/mol. The van der Waals surface area contributed by atoms with E-state index in [1.54, 1.807) is 17.0 Å². The number of hydrogen-bond acceptors (Lipinski definition) is 4. The van der Waals surface area contributed by atoms with Gasteiger partial charge in [-0.25, -0.2) is 9.38 Å². The molecule has 32 heavy (non-hydrogen) atoms. The molecule has 4 rings (SSSR count). The predicted octanol–water partition coefficient (Wildman–Crippen LogP) is 6.79. The molecular weight excluding hydrogens is 491 g/mol. The van der Waals surface area contributed by atoms with E-state index in [0.29, 0.717) is 28.9 Å². The van der Waals surface area contributed by atoms with Gasteiger partial charge in [0.05, 0.1) is 15.1 Å². The summed E-state index contributed by atoms with van der Waals surface area (Å²) in [5.41, 5.74) is 2.56. The summed E-state index contributed by atoms with van der Waals surface area (Å²) in [6.45, 7) is 2.87. The number of halogens is 2. The Balaban J connectivity index is 1.52. The molecule has 7 heteroatoms. The van der Waals surface area contributed by atoms with Crippen LogP contribution in [0, 0.1) is 5.82 Å². The Morgan fingerprint density at radius 2 is 1.84 bits per heavy atom. The molecule has 0 bridgehead atoms. The second kappa shape index (κ2) is 10.1. The Bertz CT molecular complexity index is 1180. The molecule has 1 aliphatic heterocycles. The fraction of sp³-hybridized carbons (Fsp3) is 0.120. The normalized spacial score (nSPS) is 16.2. The van der Waals surface area contributed by atoms with E-state index in [-0.39, 0.29) is 11.7 Å². The fourth-order valence-electron chi connectivity index (χ4n) is 3.11. The van der Waals surface area contributed by atoms with E-state index >= 15 is 0 Å². The van der Waals surface area contributed by atoms with Crippen LogP contribution in [0.5, 0.6) is 5.75 Å². The zero-order valence-electron chi connectivity index (χ0n) is 17.3. The molecular formula is C25H20BrFN2O2S. The van der Waals surface area contributed by atoms with Gasteiger partial charge in [0.15, 0.2) is 5.17 Å². The van der Waals surface area contributed by atoms with E-state index < -0.39 is 0 Å². The SMILES string of the molecule is CCN1C(=O)/C(=C\c2ccc(OCc3ccccc3)c(Br)c2)SC1=Nc1ccc(F)cc1. The Morgan fingerprint density at radius 1 is 1.09 bits per heavy atom. The Labute approximate surface area is 198 Å². The molecule has 162 valence electrons. The van der Waals surface area contributed by atoms with Gasteiger partial charge in [-0.05, 0) is 88.2 Å². The lowest BCUT2D eigenvalue weighted by Crippen LogP contribution is -2.28. The summed E-state index contributed by atoms with van der Waals surface area (Å²) in [6.07, 6.45) is 1.84. The smallest absolute Gasteiger partial charge is 0.266 e. The highest BCUT2D eigenvalue weighted by atomic mass is 79.9. The number of benzene rings is 3. The van der Waals surface area contributed by atoms with Crippen LogP contribution in [0.1, 0.15) is 18.1 Å². The standard InChI is InChI=1S/C25H20BrFN2O2S/c1-2-29-24(30)23(32-25(29)28-20-11-9-19(27)10-12-20)15-18-8-13-22(21(26)14-18)31-16-17-6-4-3-5-7-17/h3-15H,2,16H2,1H3/b23-15+,28-25?. The molecule has 0 radical (unpaired) electrons. The molecule has 1 fully saturated rings. The van der Waals surface area contributed by atoms with Gasteiger partial charge in [0.2, 0.25) is 0 Å². The Hall–Kier alpha value is -2.90. The van der Waals surface area contributed by atoms with Crippen molar-refractivity contribution in [1.29, 1.82) is 0 Å². The maximum atomic E-state index is 13.2. The highest BCUT2D eigenvalue weighted by Crippen LogP contribution is 2.35. The number of thioether (sulfide) groups is 1. The van der Waals surface area contributed by atoms with Crippen LogP contribution in [0.3, 0.4) is 0 Å². The molecule has 3 aromatic carbocycles. The first-order valence-corrected chi connectivity index (χ1v) is 11.7. The number of nitrogens with zero attached hydrogens (tertiary/aromatic N) is 2. The second-order valence-electron chi connectivity index (χ2n) is 6.99. The van der Waals surface area contributed by atoms with Crippen molar-refractivity contribution in [2.45, 2.75) is 13.5 Å². The number of likely N-dealkylation sites (N-methyl/N-ethyl adjacent to an activating group) is 1. The number of carbonyl (C=O) groups is 1. The van der Waals surface area contributed by atoms with E-state index in [1.165, 1.54) is 23.9 Å². The first-order valence-electron chi connectivity index (χ1n) is 10.1. The zero-order valence-corrected chi connectivity index (χ0v) is 19.7. The third-order valence-electron chi connectivity index (χ3n) is 4.75. The minimum absolute atomic E-state index is 0.0983. The van der Waals surface area contributed by atoms with Crippen LogP contribution in [0.15, 0.2) is 87.2 Å². The van der Waals surface area contributed by atoms with Crippen molar-refractivity contribution >= 4 is 50.5 Å². The first-order chi connectivity index (χ1) is 15.5. The highest BCUT2D eigenvalue weighted by Gasteiger charge is 2.32. The van der Waals surface area contributed by atoms with Gasteiger partial charge < -0.3 is 4.74 Å². The van der Waals surface area contributed by atoms with Crippen molar-refractivity contribution in [2.75, 3.05) is 6.54 Å². The number of amidine groups is 1. The van der Waals surface area contributed by atoms with Crippen LogP contribution in [0.2, 0.25) is 0 Å². The lowest BCUT2D eigenvalue weighted by molar-refractivity contribution is -0.122. The van der Waals surface area contributed by atoms with Gasteiger partial charge in [-0.2, -0.15) is 0 Å².